The molecule has 1 fully saturated rings. The number of ether oxygens (including phenoxy) is 1. The molecule has 1 aliphatic rings. The van der Waals surface area contributed by atoms with Gasteiger partial charge in [0.1, 0.15) is 6.33 Å². The van der Waals surface area contributed by atoms with E-state index in [1.54, 1.807) is 6.07 Å². The van der Waals surface area contributed by atoms with E-state index in [0.29, 0.717) is 12.3 Å². The van der Waals surface area contributed by atoms with Crippen molar-refractivity contribution in [3.05, 3.63) is 28.4 Å². The Hall–Kier alpha value is -1.73. The Kier molecular flexibility index (Phi) is 2.62. The highest BCUT2D eigenvalue weighted by Gasteiger charge is 2.12. The van der Waals surface area contributed by atoms with E-state index in [1.165, 1.54) is 10.8 Å². The average molecular weight is 235 g/mol. The van der Waals surface area contributed by atoms with Crippen molar-refractivity contribution in [1.82, 2.24) is 24.5 Å². The standard InChI is InChI=1S/C10H13N5O2/c16-9-5-8(6-14-1-3-17-4-2-14)13-10-11-7-12-15(9)10/h5,7H,1-4,6H2,(H,11,12,13). The summed E-state index contributed by atoms with van der Waals surface area (Å²) in [6.45, 7) is 3.90. The lowest BCUT2D eigenvalue weighted by Gasteiger charge is -2.25. The quantitative estimate of drug-likeness (QED) is 0.741. The zero-order valence-electron chi connectivity index (χ0n) is 9.30. The number of rotatable bonds is 2. The molecule has 3 heterocycles. The second-order valence-electron chi connectivity index (χ2n) is 4.00. The van der Waals surface area contributed by atoms with Gasteiger partial charge in [-0.15, -0.1) is 0 Å². The van der Waals surface area contributed by atoms with E-state index in [1.807, 2.05) is 0 Å². The topological polar surface area (TPSA) is 75.5 Å². The average Bonchev–Trinajstić information content (AvgIpc) is 2.79. The molecule has 3 rings (SSSR count). The van der Waals surface area contributed by atoms with Crippen LogP contribution in [0, 0.1) is 0 Å². The molecular formula is C10H13N5O2. The first kappa shape index (κ1) is 10.4. The third-order valence-electron chi connectivity index (χ3n) is 2.81. The van der Waals surface area contributed by atoms with Crippen LogP contribution in [-0.4, -0.2) is 50.8 Å². The molecule has 0 unspecified atom stereocenters. The minimum absolute atomic E-state index is 0.129. The van der Waals surface area contributed by atoms with Gasteiger partial charge in [-0.05, 0) is 0 Å². The molecular weight excluding hydrogens is 222 g/mol. The van der Waals surface area contributed by atoms with Crippen molar-refractivity contribution in [2.45, 2.75) is 6.54 Å². The number of aromatic amines is 1. The summed E-state index contributed by atoms with van der Waals surface area (Å²) < 4.78 is 6.60. The molecule has 17 heavy (non-hydrogen) atoms. The van der Waals surface area contributed by atoms with Crippen LogP contribution in [0.25, 0.3) is 5.78 Å². The van der Waals surface area contributed by atoms with Crippen molar-refractivity contribution in [3.8, 4) is 0 Å². The summed E-state index contributed by atoms with van der Waals surface area (Å²) in [5.41, 5.74) is 0.625. The lowest BCUT2D eigenvalue weighted by atomic mass is 10.3. The van der Waals surface area contributed by atoms with E-state index in [0.717, 1.165) is 32.0 Å². The van der Waals surface area contributed by atoms with E-state index < -0.39 is 0 Å². The number of nitrogens with zero attached hydrogens (tertiary/aromatic N) is 4. The molecule has 7 heteroatoms. The lowest BCUT2D eigenvalue weighted by Crippen LogP contribution is -2.36. The predicted octanol–water partition coefficient (Wildman–Crippen LogP) is -0.750. The first-order valence-electron chi connectivity index (χ1n) is 5.55. The molecule has 1 N–H and O–H groups in total. The fourth-order valence-electron chi connectivity index (χ4n) is 1.94. The first-order chi connectivity index (χ1) is 8.33. The summed E-state index contributed by atoms with van der Waals surface area (Å²) in [6, 6.07) is 1.54. The van der Waals surface area contributed by atoms with Crippen LogP contribution in [0.5, 0.6) is 0 Å². The maximum atomic E-state index is 11.7. The fraction of sp³-hybridized carbons (Fsp3) is 0.500. The van der Waals surface area contributed by atoms with E-state index in [4.69, 9.17) is 4.74 Å². The second kappa shape index (κ2) is 4.27. The van der Waals surface area contributed by atoms with E-state index >= 15 is 0 Å². The molecule has 0 amide bonds. The van der Waals surface area contributed by atoms with Gasteiger partial charge in [-0.25, -0.2) is 9.97 Å². The maximum Gasteiger partial charge on any atom is 0.274 e. The summed E-state index contributed by atoms with van der Waals surface area (Å²) in [4.78, 5) is 22.2. The van der Waals surface area contributed by atoms with Crippen LogP contribution in [-0.2, 0) is 11.3 Å². The highest BCUT2D eigenvalue weighted by molar-refractivity contribution is 5.25. The minimum atomic E-state index is -0.129. The summed E-state index contributed by atoms with van der Waals surface area (Å²) >= 11 is 0. The van der Waals surface area contributed by atoms with Crippen molar-refractivity contribution >= 4 is 5.78 Å². The Morgan fingerprint density at radius 2 is 2.24 bits per heavy atom. The molecule has 90 valence electrons. The van der Waals surface area contributed by atoms with Gasteiger partial charge >= 0.3 is 0 Å². The maximum absolute atomic E-state index is 11.7. The SMILES string of the molecule is O=c1cc(CN2CCOCC2)nc2nc[nH]n12. The normalized spacial score (nSPS) is 17.6. The van der Waals surface area contributed by atoms with Gasteiger partial charge < -0.3 is 4.74 Å². The van der Waals surface area contributed by atoms with Crippen LogP contribution < -0.4 is 5.56 Å². The third-order valence-corrected chi connectivity index (χ3v) is 2.81. The lowest BCUT2D eigenvalue weighted by molar-refractivity contribution is 0.0336. The molecule has 0 aromatic carbocycles. The predicted molar refractivity (Wildman–Crippen MR) is 59.7 cm³/mol. The van der Waals surface area contributed by atoms with Gasteiger partial charge in [-0.1, -0.05) is 0 Å². The monoisotopic (exact) mass is 235 g/mol. The Morgan fingerprint density at radius 1 is 1.41 bits per heavy atom. The smallest absolute Gasteiger partial charge is 0.274 e. The molecule has 7 nitrogen and oxygen atoms in total. The van der Waals surface area contributed by atoms with Gasteiger partial charge in [-0.3, -0.25) is 14.8 Å². The second-order valence-corrected chi connectivity index (χ2v) is 4.00. The molecule has 0 aliphatic carbocycles. The molecule has 0 bridgehead atoms. The van der Waals surface area contributed by atoms with Crippen LogP contribution in [0.2, 0.25) is 0 Å². The number of fused-ring (bicyclic) bond motifs is 1. The van der Waals surface area contributed by atoms with Crippen molar-refractivity contribution in [3.63, 3.8) is 0 Å². The van der Waals surface area contributed by atoms with Gasteiger partial charge in [0, 0.05) is 25.7 Å². The van der Waals surface area contributed by atoms with E-state index in [2.05, 4.69) is 20.0 Å². The number of hydrogen-bond donors (Lipinski definition) is 1. The summed E-state index contributed by atoms with van der Waals surface area (Å²) in [7, 11) is 0. The molecule has 0 spiro atoms. The van der Waals surface area contributed by atoms with Gasteiger partial charge in [0.15, 0.2) is 0 Å². The number of H-pyrrole nitrogens is 1. The molecule has 2 aromatic rings. The fourth-order valence-corrected chi connectivity index (χ4v) is 1.94. The van der Waals surface area contributed by atoms with Crippen LogP contribution in [0.1, 0.15) is 5.69 Å². The Balaban J connectivity index is 1.87. The summed E-state index contributed by atoms with van der Waals surface area (Å²) in [5.74, 6) is 0.417. The van der Waals surface area contributed by atoms with Gasteiger partial charge in [0.05, 0.1) is 18.9 Å². The van der Waals surface area contributed by atoms with Crippen LogP contribution in [0.4, 0.5) is 0 Å². The Labute approximate surface area is 97.0 Å². The Morgan fingerprint density at radius 3 is 3.06 bits per heavy atom. The van der Waals surface area contributed by atoms with Crippen LogP contribution >= 0.6 is 0 Å². The van der Waals surface area contributed by atoms with Gasteiger partial charge in [-0.2, -0.15) is 4.52 Å². The van der Waals surface area contributed by atoms with Crippen molar-refractivity contribution in [2.75, 3.05) is 26.3 Å². The number of hydrogen-bond acceptors (Lipinski definition) is 5. The van der Waals surface area contributed by atoms with Gasteiger partial charge in [0.25, 0.3) is 11.3 Å². The first-order valence-corrected chi connectivity index (χ1v) is 5.55. The van der Waals surface area contributed by atoms with Crippen molar-refractivity contribution < 1.29 is 4.74 Å². The number of morpholine rings is 1. The van der Waals surface area contributed by atoms with E-state index in [9.17, 15) is 4.79 Å². The highest BCUT2D eigenvalue weighted by atomic mass is 16.5. The largest absolute Gasteiger partial charge is 0.379 e. The van der Waals surface area contributed by atoms with E-state index in [-0.39, 0.29) is 5.56 Å². The van der Waals surface area contributed by atoms with Gasteiger partial charge in [0.2, 0.25) is 0 Å². The molecule has 0 radical (unpaired) electrons. The zero-order chi connectivity index (χ0) is 11.7. The van der Waals surface area contributed by atoms with Crippen LogP contribution in [0.3, 0.4) is 0 Å². The molecule has 1 aliphatic heterocycles. The number of nitrogens with one attached hydrogen (secondary N) is 1. The van der Waals surface area contributed by atoms with Crippen molar-refractivity contribution in [2.24, 2.45) is 0 Å². The van der Waals surface area contributed by atoms with Crippen molar-refractivity contribution in [1.29, 1.82) is 0 Å². The molecule has 2 aromatic heterocycles. The molecule has 1 saturated heterocycles. The summed E-state index contributed by atoms with van der Waals surface area (Å²) in [6.07, 6.45) is 1.46. The molecule has 0 atom stereocenters. The number of aromatic nitrogens is 4. The highest BCUT2D eigenvalue weighted by Crippen LogP contribution is 2.03. The van der Waals surface area contributed by atoms with Crippen LogP contribution in [0.15, 0.2) is 17.2 Å². The minimum Gasteiger partial charge on any atom is -0.379 e. The zero-order valence-corrected chi connectivity index (χ0v) is 9.30. The Bertz CT molecular complexity index is 569. The summed E-state index contributed by atoms with van der Waals surface area (Å²) in [5, 5.41) is 2.72. The third kappa shape index (κ3) is 2.06. The molecule has 0 saturated carbocycles.